The third-order valence-electron chi connectivity index (χ3n) is 8.72. The molecule has 1 saturated heterocycles. The van der Waals surface area contributed by atoms with E-state index in [1.54, 1.807) is 0 Å². The van der Waals surface area contributed by atoms with Crippen LogP contribution in [0, 0.1) is 41.4 Å². The van der Waals surface area contributed by atoms with E-state index in [9.17, 15) is 19.8 Å². The molecule has 0 radical (unpaired) electrons. The van der Waals surface area contributed by atoms with Crippen molar-refractivity contribution in [3.05, 3.63) is 23.8 Å². The number of aliphatic hydroxyl groups excluding tert-OH is 2. The van der Waals surface area contributed by atoms with Gasteiger partial charge < -0.3 is 20.7 Å². The van der Waals surface area contributed by atoms with E-state index in [1.807, 2.05) is 12.2 Å². The van der Waals surface area contributed by atoms with Crippen LogP contribution < -0.4 is 11.2 Å². The molecular formula is C24H29N3O5. The highest BCUT2D eigenvalue weighted by Gasteiger charge is 2.86. The number of carbonyl (C=O) groups excluding carboxylic acids is 2. The van der Waals surface area contributed by atoms with E-state index < -0.39 is 23.9 Å². The van der Waals surface area contributed by atoms with Gasteiger partial charge in [-0.3, -0.25) is 9.59 Å². The summed E-state index contributed by atoms with van der Waals surface area (Å²) in [4.78, 5) is 24.1. The Morgan fingerprint density at radius 3 is 2.94 bits per heavy atom. The Hall–Kier alpha value is -2.31. The number of Topliss-reactive ketones (excluding diaryl/α,β-unsaturated/α-hetero) is 1. The van der Waals surface area contributed by atoms with Gasteiger partial charge in [-0.15, -0.1) is 6.42 Å². The molecule has 5 aliphatic rings. The smallest absolute Gasteiger partial charge is 0.253 e. The van der Waals surface area contributed by atoms with Crippen LogP contribution in [0.3, 0.4) is 0 Å². The fourth-order valence-corrected chi connectivity index (χ4v) is 7.42. The fourth-order valence-electron chi connectivity index (χ4n) is 7.42. The Balaban J connectivity index is 1.46. The molecule has 8 atom stereocenters. The summed E-state index contributed by atoms with van der Waals surface area (Å²) in [5.41, 5.74) is 7.29. The van der Waals surface area contributed by atoms with E-state index in [-0.39, 0.29) is 47.3 Å². The monoisotopic (exact) mass is 439 g/mol. The van der Waals surface area contributed by atoms with Crippen LogP contribution in [0.25, 0.3) is 0 Å². The number of nitrogens with two attached hydrogens (primary N) is 1. The molecule has 4 aliphatic carbocycles. The standard InChI is InChI=1S/C24H29N3O5/c1-3-13-9-17-16-5-4-14-8-15(26-27-20(31)11-25)6-7-22(14,2)21(16)18(29)10-23(17)24(13,32-23)19(30)12-28/h1,6-8,13,16-18,21,28-29H,4-5,9-12,25H2,2H3,(H,27,31)/b26-15+/t13-,16+,17?,18+,21?,22+,23-,24+/m1/s1. The number of ketones is 1. The summed E-state index contributed by atoms with van der Waals surface area (Å²) in [6.45, 7) is 1.40. The number of carbonyl (C=O) groups is 2. The lowest BCUT2D eigenvalue weighted by molar-refractivity contribution is -0.128. The van der Waals surface area contributed by atoms with Gasteiger partial charge in [-0.05, 0) is 43.3 Å². The minimum absolute atomic E-state index is 0.0442. The predicted octanol–water partition coefficient (Wildman–Crippen LogP) is 0.0491. The number of terminal acetylenes is 1. The van der Waals surface area contributed by atoms with Gasteiger partial charge in [0.05, 0.1) is 24.3 Å². The second-order valence-electron chi connectivity index (χ2n) is 9.93. The SMILES string of the molecule is C#C[C@@H]1CC2[C@@H]3CCC4=C/C(=N/NC(=O)CN)C=C[C@]4(C)C3[C@@H](O)C[C@@]23O[C@]13C(=O)CO. The molecule has 0 aromatic heterocycles. The normalized spacial score (nSPS) is 46.8. The van der Waals surface area contributed by atoms with Crippen molar-refractivity contribution in [3.8, 4) is 12.3 Å². The van der Waals surface area contributed by atoms with Crippen molar-refractivity contribution in [2.45, 2.75) is 49.9 Å². The van der Waals surface area contributed by atoms with Gasteiger partial charge in [0, 0.05) is 17.8 Å². The molecule has 170 valence electrons. The van der Waals surface area contributed by atoms with Crippen LogP contribution in [0.5, 0.6) is 0 Å². The second-order valence-corrected chi connectivity index (χ2v) is 9.93. The van der Waals surface area contributed by atoms with Crippen molar-refractivity contribution in [2.75, 3.05) is 13.2 Å². The molecule has 5 rings (SSSR count). The number of rotatable bonds is 4. The summed E-state index contributed by atoms with van der Waals surface area (Å²) >= 11 is 0. The van der Waals surface area contributed by atoms with Gasteiger partial charge in [0.25, 0.3) is 5.91 Å². The molecular weight excluding hydrogens is 410 g/mol. The molecule has 0 aromatic rings. The Bertz CT molecular complexity index is 1010. The Morgan fingerprint density at radius 2 is 2.25 bits per heavy atom. The number of ether oxygens (including phenoxy) is 1. The third-order valence-corrected chi connectivity index (χ3v) is 8.72. The number of fused-ring (bicyclic) bond motifs is 4. The summed E-state index contributed by atoms with van der Waals surface area (Å²) in [5.74, 6) is 1.81. The van der Waals surface area contributed by atoms with Gasteiger partial charge in [-0.1, -0.05) is 24.5 Å². The first-order valence-corrected chi connectivity index (χ1v) is 11.2. The molecule has 5 N–H and O–H groups in total. The summed E-state index contributed by atoms with van der Waals surface area (Å²) in [5, 5.41) is 25.1. The summed E-state index contributed by atoms with van der Waals surface area (Å²) in [7, 11) is 0. The van der Waals surface area contributed by atoms with E-state index in [0.29, 0.717) is 18.6 Å². The van der Waals surface area contributed by atoms with Gasteiger partial charge in [-0.25, -0.2) is 5.43 Å². The van der Waals surface area contributed by atoms with E-state index >= 15 is 0 Å². The van der Waals surface area contributed by atoms with Crippen LogP contribution in [0.4, 0.5) is 0 Å². The number of nitrogens with zero attached hydrogens (tertiary/aromatic N) is 1. The Labute approximate surface area is 187 Å². The van der Waals surface area contributed by atoms with Crippen LogP contribution in [0.15, 0.2) is 28.9 Å². The predicted molar refractivity (Wildman–Crippen MR) is 116 cm³/mol. The van der Waals surface area contributed by atoms with Crippen molar-refractivity contribution in [1.82, 2.24) is 5.43 Å². The zero-order valence-electron chi connectivity index (χ0n) is 18.1. The van der Waals surface area contributed by atoms with E-state index in [2.05, 4.69) is 29.4 Å². The molecule has 4 fully saturated rings. The highest BCUT2D eigenvalue weighted by Crippen LogP contribution is 2.74. The molecule has 8 nitrogen and oxygen atoms in total. The minimum atomic E-state index is -1.15. The first-order valence-electron chi connectivity index (χ1n) is 11.2. The summed E-state index contributed by atoms with van der Waals surface area (Å²) in [6.07, 6.45) is 13.7. The Morgan fingerprint density at radius 1 is 1.47 bits per heavy atom. The third kappa shape index (κ3) is 2.57. The van der Waals surface area contributed by atoms with Crippen molar-refractivity contribution >= 4 is 17.4 Å². The number of hydrogen-bond acceptors (Lipinski definition) is 7. The summed E-state index contributed by atoms with van der Waals surface area (Å²) in [6, 6.07) is 0. The first kappa shape index (κ1) is 21.5. The highest BCUT2D eigenvalue weighted by molar-refractivity contribution is 6.06. The summed E-state index contributed by atoms with van der Waals surface area (Å²) < 4.78 is 6.14. The zero-order valence-corrected chi connectivity index (χ0v) is 18.1. The number of hydrogen-bond donors (Lipinski definition) is 4. The maximum absolute atomic E-state index is 12.7. The van der Waals surface area contributed by atoms with E-state index in [4.69, 9.17) is 16.9 Å². The molecule has 0 bridgehead atoms. The molecule has 1 aliphatic heterocycles. The second kappa shape index (κ2) is 7.09. The molecule has 1 spiro atoms. The van der Waals surface area contributed by atoms with E-state index in [0.717, 1.165) is 18.4 Å². The molecule has 32 heavy (non-hydrogen) atoms. The van der Waals surface area contributed by atoms with Crippen molar-refractivity contribution in [3.63, 3.8) is 0 Å². The average molecular weight is 440 g/mol. The largest absolute Gasteiger partial charge is 0.393 e. The van der Waals surface area contributed by atoms with Crippen LogP contribution in [-0.4, -0.2) is 58.1 Å². The lowest BCUT2D eigenvalue weighted by atomic mass is 9.49. The molecule has 8 heteroatoms. The van der Waals surface area contributed by atoms with Crippen molar-refractivity contribution < 1.29 is 24.5 Å². The van der Waals surface area contributed by atoms with Crippen molar-refractivity contribution in [2.24, 2.45) is 39.9 Å². The van der Waals surface area contributed by atoms with Crippen LogP contribution in [0.1, 0.15) is 32.6 Å². The van der Waals surface area contributed by atoms with Gasteiger partial charge in [0.2, 0.25) is 0 Å². The number of nitrogens with one attached hydrogen (secondary N) is 1. The zero-order chi connectivity index (χ0) is 22.9. The first-order chi connectivity index (χ1) is 15.3. The molecule has 0 aromatic carbocycles. The van der Waals surface area contributed by atoms with Crippen LogP contribution in [-0.2, 0) is 14.3 Å². The number of epoxide rings is 1. The topological polar surface area (TPSA) is 138 Å². The maximum atomic E-state index is 12.7. The molecule has 2 unspecified atom stereocenters. The molecule has 1 heterocycles. The molecule has 1 amide bonds. The quantitative estimate of drug-likeness (QED) is 0.277. The van der Waals surface area contributed by atoms with Crippen molar-refractivity contribution in [1.29, 1.82) is 0 Å². The van der Waals surface area contributed by atoms with Gasteiger partial charge in [0.1, 0.15) is 12.2 Å². The van der Waals surface area contributed by atoms with Gasteiger partial charge in [-0.2, -0.15) is 5.10 Å². The number of amides is 1. The highest BCUT2D eigenvalue weighted by atomic mass is 16.6. The lowest BCUT2D eigenvalue weighted by Gasteiger charge is -2.55. The minimum Gasteiger partial charge on any atom is -0.393 e. The number of allylic oxidation sites excluding steroid dienone is 4. The fraction of sp³-hybridized carbons (Fsp3) is 0.625. The van der Waals surface area contributed by atoms with Gasteiger partial charge >= 0.3 is 0 Å². The van der Waals surface area contributed by atoms with Gasteiger partial charge in [0.15, 0.2) is 11.4 Å². The average Bonchev–Trinajstić information content (AvgIpc) is 3.36. The Kier molecular flexibility index (Phi) is 4.77. The lowest BCUT2D eigenvalue weighted by Crippen LogP contribution is -2.56. The molecule has 3 saturated carbocycles. The van der Waals surface area contributed by atoms with Crippen LogP contribution in [0.2, 0.25) is 0 Å². The number of hydrazone groups is 1. The number of aliphatic hydroxyl groups is 2. The maximum Gasteiger partial charge on any atom is 0.253 e. The van der Waals surface area contributed by atoms with Crippen LogP contribution >= 0.6 is 0 Å². The van der Waals surface area contributed by atoms with E-state index in [1.165, 1.54) is 0 Å².